The molecule has 1 rings (SSSR count). The molecule has 0 aliphatic rings. The van der Waals surface area contributed by atoms with Crippen LogP contribution in [0.2, 0.25) is 0 Å². The molecule has 0 radical (unpaired) electrons. The van der Waals surface area contributed by atoms with Crippen molar-refractivity contribution in [3.05, 3.63) is 34.9 Å². The Bertz CT molecular complexity index is 611. The third-order valence-corrected chi connectivity index (χ3v) is 5.67. The Hall–Kier alpha value is -2.37. The number of nitrogens with one attached hydrogen (secondary N) is 3. The largest absolute Gasteiger partial charge is 0.352 e. The maximum atomic E-state index is 12.7. The summed E-state index contributed by atoms with van der Waals surface area (Å²) >= 11 is 0. The van der Waals surface area contributed by atoms with E-state index in [1.54, 1.807) is 18.2 Å². The van der Waals surface area contributed by atoms with Crippen molar-refractivity contribution in [1.82, 2.24) is 16.0 Å². The van der Waals surface area contributed by atoms with Crippen molar-refractivity contribution >= 4 is 17.7 Å². The van der Waals surface area contributed by atoms with Gasteiger partial charge in [0.15, 0.2) is 0 Å². The zero-order chi connectivity index (χ0) is 24.3. The van der Waals surface area contributed by atoms with Crippen LogP contribution in [0.5, 0.6) is 0 Å². The molecule has 6 nitrogen and oxygen atoms in total. The lowest BCUT2D eigenvalue weighted by Gasteiger charge is -2.12. The summed E-state index contributed by atoms with van der Waals surface area (Å²) in [5, 5.41) is 8.76. The quantitative estimate of drug-likeness (QED) is 0.249. The monoisotopic (exact) mass is 459 g/mol. The lowest BCUT2D eigenvalue weighted by molar-refractivity contribution is 0.0952. The van der Waals surface area contributed by atoms with Crippen molar-refractivity contribution in [3.63, 3.8) is 0 Å². The first-order chi connectivity index (χ1) is 16.0. The topological polar surface area (TPSA) is 87.3 Å². The normalized spacial score (nSPS) is 10.6. The van der Waals surface area contributed by atoms with Crippen LogP contribution in [0.4, 0.5) is 0 Å². The van der Waals surface area contributed by atoms with E-state index in [1.165, 1.54) is 0 Å². The molecule has 0 aromatic heterocycles. The number of carbonyl (C=O) groups excluding carboxylic acids is 3. The molecule has 1 aromatic rings. The van der Waals surface area contributed by atoms with Crippen molar-refractivity contribution in [2.75, 3.05) is 19.6 Å². The Balaban J connectivity index is 2.84. The van der Waals surface area contributed by atoms with E-state index in [2.05, 4.69) is 36.7 Å². The second kappa shape index (κ2) is 18.1. The van der Waals surface area contributed by atoms with Crippen molar-refractivity contribution in [1.29, 1.82) is 0 Å². The smallest absolute Gasteiger partial charge is 0.251 e. The lowest BCUT2D eigenvalue weighted by atomic mass is 10.0. The van der Waals surface area contributed by atoms with Crippen molar-refractivity contribution in [2.45, 2.75) is 97.8 Å². The van der Waals surface area contributed by atoms with Gasteiger partial charge in [-0.2, -0.15) is 0 Å². The molecule has 0 spiro atoms. The van der Waals surface area contributed by atoms with Gasteiger partial charge in [0.25, 0.3) is 17.7 Å². The van der Waals surface area contributed by atoms with Crippen LogP contribution >= 0.6 is 0 Å². The maximum absolute atomic E-state index is 12.7. The average molecular weight is 460 g/mol. The Labute approximate surface area is 200 Å². The van der Waals surface area contributed by atoms with Crippen LogP contribution in [0.1, 0.15) is 129 Å². The Kier molecular flexibility index (Phi) is 15.7. The summed E-state index contributed by atoms with van der Waals surface area (Å²) in [4.78, 5) is 38.2. The molecule has 0 aliphatic heterocycles. The van der Waals surface area contributed by atoms with Crippen LogP contribution in [-0.4, -0.2) is 37.4 Å². The van der Waals surface area contributed by atoms with E-state index in [4.69, 9.17) is 0 Å². The molecule has 0 fully saturated rings. The van der Waals surface area contributed by atoms with Crippen molar-refractivity contribution < 1.29 is 14.4 Å². The fourth-order valence-electron chi connectivity index (χ4n) is 3.59. The molecule has 0 bridgehead atoms. The molecule has 0 heterocycles. The molecule has 0 unspecified atom stereocenters. The minimum atomic E-state index is -0.249. The minimum absolute atomic E-state index is 0.249. The zero-order valence-corrected chi connectivity index (χ0v) is 21.1. The maximum Gasteiger partial charge on any atom is 0.251 e. The third-order valence-electron chi connectivity index (χ3n) is 5.67. The highest BCUT2D eigenvalue weighted by atomic mass is 16.2. The van der Waals surface area contributed by atoms with E-state index < -0.39 is 0 Å². The van der Waals surface area contributed by atoms with E-state index in [-0.39, 0.29) is 17.7 Å². The van der Waals surface area contributed by atoms with Gasteiger partial charge in [0.1, 0.15) is 0 Å². The van der Waals surface area contributed by atoms with Crippen LogP contribution in [-0.2, 0) is 0 Å². The summed E-state index contributed by atoms with van der Waals surface area (Å²) in [6.45, 7) is 8.21. The Morgan fingerprint density at radius 2 is 0.758 bits per heavy atom. The number of hydrogen-bond donors (Lipinski definition) is 3. The first-order valence-corrected chi connectivity index (χ1v) is 13.0. The van der Waals surface area contributed by atoms with Crippen LogP contribution in [0.25, 0.3) is 0 Å². The number of unbranched alkanes of at least 4 members (excludes halogenated alkanes) is 9. The third kappa shape index (κ3) is 12.4. The number of rotatable bonds is 18. The highest BCUT2D eigenvalue weighted by Crippen LogP contribution is 2.12. The van der Waals surface area contributed by atoms with Gasteiger partial charge in [-0.15, -0.1) is 0 Å². The van der Waals surface area contributed by atoms with Gasteiger partial charge < -0.3 is 16.0 Å². The van der Waals surface area contributed by atoms with E-state index in [0.717, 1.165) is 77.0 Å². The number of hydrogen-bond acceptors (Lipinski definition) is 3. The SMILES string of the molecule is CCCCCCNC(=O)c1cc(C(=O)NCCCCCC)cc(C(=O)NCCCCCC)c1. The van der Waals surface area contributed by atoms with Gasteiger partial charge in [0, 0.05) is 36.3 Å². The van der Waals surface area contributed by atoms with Crippen LogP contribution in [0, 0.1) is 0 Å². The molecule has 3 N–H and O–H groups in total. The van der Waals surface area contributed by atoms with Gasteiger partial charge in [-0.05, 0) is 37.5 Å². The number of carbonyl (C=O) groups is 3. The number of benzene rings is 1. The van der Waals surface area contributed by atoms with E-state index >= 15 is 0 Å². The Morgan fingerprint density at radius 1 is 0.485 bits per heavy atom. The highest BCUT2D eigenvalue weighted by molar-refractivity contribution is 6.04. The summed E-state index contributed by atoms with van der Waals surface area (Å²) in [5.41, 5.74) is 1.04. The van der Waals surface area contributed by atoms with Crippen molar-refractivity contribution in [3.8, 4) is 0 Å². The van der Waals surface area contributed by atoms with Gasteiger partial charge in [-0.1, -0.05) is 78.6 Å². The van der Waals surface area contributed by atoms with E-state index in [9.17, 15) is 14.4 Å². The number of amides is 3. The fourth-order valence-corrected chi connectivity index (χ4v) is 3.59. The van der Waals surface area contributed by atoms with Gasteiger partial charge in [-0.25, -0.2) is 0 Å². The minimum Gasteiger partial charge on any atom is -0.352 e. The van der Waals surface area contributed by atoms with Crippen LogP contribution < -0.4 is 16.0 Å². The van der Waals surface area contributed by atoms with Crippen LogP contribution in [0.15, 0.2) is 18.2 Å². The van der Waals surface area contributed by atoms with E-state index in [0.29, 0.717) is 36.3 Å². The molecule has 0 atom stereocenters. The molecule has 3 amide bonds. The predicted molar refractivity (Wildman–Crippen MR) is 136 cm³/mol. The molecular formula is C27H45N3O3. The first kappa shape index (κ1) is 28.7. The fraction of sp³-hybridized carbons (Fsp3) is 0.667. The van der Waals surface area contributed by atoms with Crippen LogP contribution in [0.3, 0.4) is 0 Å². The second-order valence-electron chi connectivity index (χ2n) is 8.75. The molecule has 0 aliphatic carbocycles. The summed E-state index contributed by atoms with van der Waals surface area (Å²) < 4.78 is 0. The molecule has 33 heavy (non-hydrogen) atoms. The van der Waals surface area contributed by atoms with Gasteiger partial charge in [0.05, 0.1) is 0 Å². The molecule has 0 saturated heterocycles. The summed E-state index contributed by atoms with van der Waals surface area (Å²) in [7, 11) is 0. The average Bonchev–Trinajstić information content (AvgIpc) is 2.83. The van der Waals surface area contributed by atoms with Crippen molar-refractivity contribution in [2.24, 2.45) is 0 Å². The van der Waals surface area contributed by atoms with E-state index in [1.807, 2.05) is 0 Å². The summed E-state index contributed by atoms with van der Waals surface area (Å²) in [5.74, 6) is -0.747. The highest BCUT2D eigenvalue weighted by Gasteiger charge is 2.16. The summed E-state index contributed by atoms with van der Waals surface area (Å²) in [6.07, 6.45) is 12.8. The van der Waals surface area contributed by atoms with Gasteiger partial charge in [-0.3, -0.25) is 14.4 Å². The lowest BCUT2D eigenvalue weighted by Crippen LogP contribution is -2.29. The summed E-state index contributed by atoms with van der Waals surface area (Å²) in [6, 6.07) is 4.75. The van der Waals surface area contributed by atoms with Gasteiger partial charge >= 0.3 is 0 Å². The molecule has 0 saturated carbocycles. The Morgan fingerprint density at radius 3 is 1.00 bits per heavy atom. The molecule has 6 heteroatoms. The molecule has 186 valence electrons. The predicted octanol–water partition coefficient (Wildman–Crippen LogP) is 5.62. The molecular weight excluding hydrogens is 414 g/mol. The zero-order valence-electron chi connectivity index (χ0n) is 21.1. The first-order valence-electron chi connectivity index (χ1n) is 13.0. The molecule has 1 aromatic carbocycles. The standard InChI is InChI=1S/C27H45N3O3/c1-4-7-10-13-16-28-25(31)22-19-23(26(32)29-17-14-11-8-5-2)21-24(20-22)27(33)30-18-15-12-9-6-3/h19-21H,4-18H2,1-3H3,(H,28,31)(H,29,32)(H,30,33). The van der Waals surface area contributed by atoms with Gasteiger partial charge in [0.2, 0.25) is 0 Å². The second-order valence-corrected chi connectivity index (χ2v) is 8.75.